The van der Waals surface area contributed by atoms with Crippen molar-refractivity contribution in [2.75, 3.05) is 4.72 Å². The Bertz CT molecular complexity index is 639. The van der Waals surface area contributed by atoms with Gasteiger partial charge < -0.3 is 0 Å². The van der Waals surface area contributed by atoms with Gasteiger partial charge in [0.2, 0.25) is 0 Å². The summed E-state index contributed by atoms with van der Waals surface area (Å²) in [5.74, 6) is 0.190. The topological polar surface area (TPSA) is 72.0 Å². The minimum atomic E-state index is -3.64. The molecule has 94 valence electrons. The number of sulfonamides is 1. The first-order valence-corrected chi connectivity index (χ1v) is 7.31. The number of nitrogens with zero attached hydrogens (tertiary/aromatic N) is 2. The Hall–Kier alpha value is -1.47. The summed E-state index contributed by atoms with van der Waals surface area (Å²) in [4.78, 5) is 7.85. The molecule has 0 aliphatic carbocycles. The fourth-order valence-corrected chi connectivity index (χ4v) is 3.29. The van der Waals surface area contributed by atoms with Crippen LogP contribution in [0.5, 0.6) is 0 Å². The van der Waals surface area contributed by atoms with Gasteiger partial charge in [0.1, 0.15) is 0 Å². The molecule has 0 saturated carbocycles. The van der Waals surface area contributed by atoms with Gasteiger partial charge in [-0.15, -0.1) is 0 Å². The Kier molecular flexibility index (Phi) is 3.63. The maximum Gasteiger partial charge on any atom is 0.263 e. The molecule has 0 spiro atoms. The van der Waals surface area contributed by atoms with E-state index in [0.29, 0.717) is 4.47 Å². The lowest BCUT2D eigenvalue weighted by molar-refractivity contribution is 0.601. The zero-order valence-corrected chi connectivity index (χ0v) is 11.9. The van der Waals surface area contributed by atoms with Crippen molar-refractivity contribution >= 4 is 31.8 Å². The van der Waals surface area contributed by atoms with E-state index in [9.17, 15) is 8.42 Å². The first kappa shape index (κ1) is 13.0. The summed E-state index contributed by atoms with van der Waals surface area (Å²) in [6.45, 7) is 1.83. The molecule has 0 aliphatic heterocycles. The van der Waals surface area contributed by atoms with Crippen LogP contribution in [-0.4, -0.2) is 18.4 Å². The van der Waals surface area contributed by atoms with Gasteiger partial charge in [-0.05, 0) is 30.7 Å². The normalized spacial score (nSPS) is 11.2. The second kappa shape index (κ2) is 5.03. The molecule has 0 amide bonds. The van der Waals surface area contributed by atoms with E-state index in [-0.39, 0.29) is 10.7 Å². The number of benzene rings is 1. The van der Waals surface area contributed by atoms with Crippen molar-refractivity contribution in [3.05, 3.63) is 46.8 Å². The number of anilines is 1. The van der Waals surface area contributed by atoms with Crippen molar-refractivity contribution in [3.63, 3.8) is 0 Å². The quantitative estimate of drug-likeness (QED) is 0.939. The molecule has 0 bridgehead atoms. The molecule has 18 heavy (non-hydrogen) atoms. The van der Waals surface area contributed by atoms with Crippen LogP contribution in [0.15, 0.2) is 46.2 Å². The standard InChI is InChI=1S/C11H10BrN3O2S/c1-8-4-9(12)6-10(5-8)18(16,17)15-11-7-13-2-3-14-11/h2-7H,1H3,(H,14,15). The molecule has 7 heteroatoms. The fraction of sp³-hybridized carbons (Fsp3) is 0.0909. The minimum absolute atomic E-state index is 0.181. The van der Waals surface area contributed by atoms with Crippen molar-refractivity contribution in [3.8, 4) is 0 Å². The van der Waals surface area contributed by atoms with E-state index in [1.165, 1.54) is 24.7 Å². The lowest BCUT2D eigenvalue weighted by Crippen LogP contribution is -2.14. The summed E-state index contributed by atoms with van der Waals surface area (Å²) in [6.07, 6.45) is 4.24. The van der Waals surface area contributed by atoms with Crippen molar-refractivity contribution in [1.29, 1.82) is 0 Å². The van der Waals surface area contributed by atoms with Gasteiger partial charge in [-0.2, -0.15) is 0 Å². The number of hydrogen-bond donors (Lipinski definition) is 1. The van der Waals surface area contributed by atoms with Crippen molar-refractivity contribution in [1.82, 2.24) is 9.97 Å². The number of aromatic nitrogens is 2. The van der Waals surface area contributed by atoms with Gasteiger partial charge in [0.15, 0.2) is 5.82 Å². The van der Waals surface area contributed by atoms with Crippen LogP contribution in [0.3, 0.4) is 0 Å². The zero-order chi connectivity index (χ0) is 13.2. The summed E-state index contributed by atoms with van der Waals surface area (Å²) in [5, 5.41) is 0. The summed E-state index contributed by atoms with van der Waals surface area (Å²) in [5.41, 5.74) is 0.851. The molecule has 0 saturated heterocycles. The van der Waals surface area contributed by atoms with Crippen LogP contribution in [0, 0.1) is 6.92 Å². The van der Waals surface area contributed by atoms with Gasteiger partial charge >= 0.3 is 0 Å². The number of hydrogen-bond acceptors (Lipinski definition) is 4. The highest BCUT2D eigenvalue weighted by atomic mass is 79.9. The van der Waals surface area contributed by atoms with E-state index in [1.807, 2.05) is 13.0 Å². The van der Waals surface area contributed by atoms with E-state index in [4.69, 9.17) is 0 Å². The number of nitrogens with one attached hydrogen (secondary N) is 1. The SMILES string of the molecule is Cc1cc(Br)cc(S(=O)(=O)Nc2cnccn2)c1. The molecule has 0 aliphatic rings. The molecule has 1 heterocycles. The summed E-state index contributed by atoms with van der Waals surface area (Å²) >= 11 is 3.27. The van der Waals surface area contributed by atoms with Crippen LogP contribution in [0.1, 0.15) is 5.56 Å². The van der Waals surface area contributed by atoms with Crippen LogP contribution >= 0.6 is 15.9 Å². The second-order valence-electron chi connectivity index (χ2n) is 3.66. The lowest BCUT2D eigenvalue weighted by atomic mass is 10.2. The minimum Gasteiger partial charge on any atom is -0.262 e. The van der Waals surface area contributed by atoms with E-state index in [0.717, 1.165) is 5.56 Å². The first-order valence-electron chi connectivity index (χ1n) is 5.03. The van der Waals surface area contributed by atoms with Gasteiger partial charge in [-0.3, -0.25) is 9.71 Å². The largest absolute Gasteiger partial charge is 0.263 e. The highest BCUT2D eigenvalue weighted by Gasteiger charge is 2.15. The Morgan fingerprint density at radius 2 is 2.00 bits per heavy atom. The molecule has 0 fully saturated rings. The molecule has 0 atom stereocenters. The average Bonchev–Trinajstić information content (AvgIpc) is 2.28. The first-order chi connectivity index (χ1) is 8.47. The molecule has 2 aromatic rings. The van der Waals surface area contributed by atoms with Crippen LogP contribution in [0.25, 0.3) is 0 Å². The molecule has 5 nitrogen and oxygen atoms in total. The number of aryl methyl sites for hydroxylation is 1. The Morgan fingerprint density at radius 3 is 2.61 bits per heavy atom. The highest BCUT2D eigenvalue weighted by Crippen LogP contribution is 2.20. The van der Waals surface area contributed by atoms with Gasteiger partial charge in [0.05, 0.1) is 11.1 Å². The van der Waals surface area contributed by atoms with E-state index < -0.39 is 10.0 Å². The highest BCUT2D eigenvalue weighted by molar-refractivity contribution is 9.10. The summed E-state index contributed by atoms with van der Waals surface area (Å²) in [7, 11) is -3.64. The zero-order valence-electron chi connectivity index (χ0n) is 9.46. The molecule has 1 aromatic carbocycles. The number of halogens is 1. The summed E-state index contributed by atoms with van der Waals surface area (Å²) in [6, 6.07) is 4.95. The monoisotopic (exact) mass is 327 g/mol. The maximum atomic E-state index is 12.1. The average molecular weight is 328 g/mol. The Balaban J connectivity index is 2.37. The third kappa shape index (κ3) is 3.05. The van der Waals surface area contributed by atoms with Crippen molar-refractivity contribution in [2.45, 2.75) is 11.8 Å². The smallest absolute Gasteiger partial charge is 0.262 e. The van der Waals surface area contributed by atoms with Gasteiger partial charge in [0.25, 0.3) is 10.0 Å². The van der Waals surface area contributed by atoms with Crippen LogP contribution in [-0.2, 0) is 10.0 Å². The molecular weight excluding hydrogens is 318 g/mol. The fourth-order valence-electron chi connectivity index (χ4n) is 1.41. The molecule has 0 unspecified atom stereocenters. The molecule has 1 N–H and O–H groups in total. The predicted molar refractivity (Wildman–Crippen MR) is 71.7 cm³/mol. The second-order valence-corrected chi connectivity index (χ2v) is 6.26. The van der Waals surface area contributed by atoms with E-state index >= 15 is 0 Å². The molecule has 0 radical (unpaired) electrons. The summed E-state index contributed by atoms with van der Waals surface area (Å²) < 4.78 is 27.3. The van der Waals surface area contributed by atoms with Gasteiger partial charge in [-0.1, -0.05) is 15.9 Å². The van der Waals surface area contributed by atoms with E-state index in [1.54, 1.807) is 6.07 Å². The van der Waals surface area contributed by atoms with Gasteiger partial charge in [0, 0.05) is 16.9 Å². The Labute approximate surface area is 113 Å². The molecular formula is C11H10BrN3O2S. The molecule has 1 aromatic heterocycles. The van der Waals surface area contributed by atoms with Crippen LogP contribution in [0.2, 0.25) is 0 Å². The van der Waals surface area contributed by atoms with E-state index in [2.05, 4.69) is 30.6 Å². The third-order valence-electron chi connectivity index (χ3n) is 2.13. The number of rotatable bonds is 3. The van der Waals surface area contributed by atoms with Gasteiger partial charge in [-0.25, -0.2) is 13.4 Å². The maximum absolute atomic E-state index is 12.1. The van der Waals surface area contributed by atoms with Crippen molar-refractivity contribution < 1.29 is 8.42 Å². The lowest BCUT2D eigenvalue weighted by Gasteiger charge is -2.08. The molecule has 2 rings (SSSR count). The Morgan fingerprint density at radius 1 is 1.22 bits per heavy atom. The van der Waals surface area contributed by atoms with Crippen molar-refractivity contribution in [2.24, 2.45) is 0 Å². The van der Waals surface area contributed by atoms with Crippen LogP contribution in [0.4, 0.5) is 5.82 Å². The third-order valence-corrected chi connectivity index (χ3v) is 3.92. The predicted octanol–water partition coefficient (Wildman–Crippen LogP) is 2.35. The van der Waals surface area contributed by atoms with Crippen LogP contribution < -0.4 is 4.72 Å².